The number of hydrogen-bond donors (Lipinski definition) is 1. The van der Waals surface area contributed by atoms with Crippen molar-refractivity contribution in [2.45, 2.75) is 65.5 Å². The van der Waals surface area contributed by atoms with Crippen LogP contribution in [0.4, 0.5) is 15.3 Å². The minimum atomic E-state index is -0.610. The lowest BCUT2D eigenvalue weighted by Crippen LogP contribution is -2.42. The summed E-state index contributed by atoms with van der Waals surface area (Å²) in [5.41, 5.74) is 7.76. The van der Waals surface area contributed by atoms with E-state index < -0.39 is 11.6 Å². The average Bonchev–Trinajstić information content (AvgIpc) is 3.15. The van der Waals surface area contributed by atoms with E-state index in [-0.39, 0.29) is 31.1 Å². The van der Waals surface area contributed by atoms with Gasteiger partial charge >= 0.3 is 18.1 Å². The van der Waals surface area contributed by atoms with Gasteiger partial charge in [-0.25, -0.2) is 9.59 Å². The summed E-state index contributed by atoms with van der Waals surface area (Å²) >= 11 is 0. The molecule has 186 valence electrons. The molecule has 1 aliphatic heterocycles. The number of ether oxygens (including phenoxy) is 2. The number of primary amides is 1. The maximum atomic E-state index is 12.4. The Hall–Kier alpha value is -3.23. The van der Waals surface area contributed by atoms with E-state index in [0.29, 0.717) is 25.4 Å². The Morgan fingerprint density at radius 3 is 2.44 bits per heavy atom. The van der Waals surface area contributed by atoms with Crippen molar-refractivity contribution in [3.8, 4) is 0 Å². The molecule has 0 unspecified atom stereocenters. The first-order valence-corrected chi connectivity index (χ1v) is 11.8. The van der Waals surface area contributed by atoms with Crippen LogP contribution in [-0.2, 0) is 14.3 Å². The van der Waals surface area contributed by atoms with Gasteiger partial charge in [0.15, 0.2) is 0 Å². The van der Waals surface area contributed by atoms with Crippen LogP contribution in [0.15, 0.2) is 24.4 Å². The number of fused-ring (bicyclic) bond motifs is 1. The molecule has 1 aromatic carbocycles. The Morgan fingerprint density at radius 2 is 1.85 bits per heavy atom. The average molecular weight is 473 g/mol. The van der Waals surface area contributed by atoms with Gasteiger partial charge < -0.3 is 24.7 Å². The van der Waals surface area contributed by atoms with Crippen molar-refractivity contribution in [1.29, 1.82) is 0 Å². The van der Waals surface area contributed by atoms with Gasteiger partial charge in [0.1, 0.15) is 5.60 Å². The van der Waals surface area contributed by atoms with Crippen LogP contribution in [0, 0.1) is 6.92 Å². The van der Waals surface area contributed by atoms with Gasteiger partial charge in [-0.1, -0.05) is 0 Å². The van der Waals surface area contributed by atoms with Crippen LogP contribution in [0.3, 0.4) is 0 Å². The Labute approximate surface area is 200 Å². The number of anilines is 1. The smallest absolute Gasteiger partial charge is 0.410 e. The van der Waals surface area contributed by atoms with Crippen molar-refractivity contribution in [1.82, 2.24) is 9.47 Å². The zero-order valence-electron chi connectivity index (χ0n) is 20.8. The van der Waals surface area contributed by atoms with E-state index in [1.165, 1.54) is 4.90 Å². The van der Waals surface area contributed by atoms with Crippen molar-refractivity contribution in [3.63, 3.8) is 0 Å². The predicted octanol–water partition coefficient (Wildman–Crippen LogP) is 4.36. The lowest BCUT2D eigenvalue weighted by atomic mass is 10.0. The molecule has 0 aliphatic carbocycles. The first-order chi connectivity index (χ1) is 16.0. The topological polar surface area (TPSA) is 107 Å². The van der Waals surface area contributed by atoms with Crippen LogP contribution in [0.2, 0.25) is 0 Å². The second kappa shape index (κ2) is 10.4. The molecule has 3 amide bonds. The summed E-state index contributed by atoms with van der Waals surface area (Å²) in [5.74, 6) is -0.364. The van der Waals surface area contributed by atoms with Crippen LogP contribution < -0.4 is 10.6 Å². The van der Waals surface area contributed by atoms with Crippen LogP contribution in [0.25, 0.3) is 10.9 Å². The number of carbonyl (C=O) groups is 3. The minimum absolute atomic E-state index is 0.0749. The molecule has 9 heteroatoms. The summed E-state index contributed by atoms with van der Waals surface area (Å²) in [4.78, 5) is 39.5. The van der Waals surface area contributed by atoms with Crippen molar-refractivity contribution < 1.29 is 23.9 Å². The molecule has 2 N–H and O–H groups in total. The quantitative estimate of drug-likeness (QED) is 0.629. The number of amides is 3. The third-order valence-corrected chi connectivity index (χ3v) is 5.95. The Balaban J connectivity index is 1.75. The molecular formula is C25H36N4O5. The molecule has 1 aliphatic rings. The van der Waals surface area contributed by atoms with E-state index in [1.807, 2.05) is 45.9 Å². The number of hydrogen-bond acceptors (Lipinski definition) is 5. The van der Waals surface area contributed by atoms with Crippen molar-refractivity contribution >= 4 is 34.7 Å². The number of piperidine rings is 1. The predicted molar refractivity (Wildman–Crippen MR) is 131 cm³/mol. The highest BCUT2D eigenvalue weighted by Crippen LogP contribution is 2.32. The van der Waals surface area contributed by atoms with Gasteiger partial charge in [-0.2, -0.15) is 0 Å². The first-order valence-electron chi connectivity index (χ1n) is 11.8. The van der Waals surface area contributed by atoms with Crippen LogP contribution >= 0.6 is 0 Å². The molecule has 0 atom stereocenters. The molecule has 0 spiro atoms. The van der Waals surface area contributed by atoms with E-state index in [1.54, 1.807) is 11.8 Å². The highest BCUT2D eigenvalue weighted by atomic mass is 16.6. The zero-order chi connectivity index (χ0) is 25.0. The number of benzene rings is 1. The second-order valence-corrected chi connectivity index (χ2v) is 9.66. The fourth-order valence-electron chi connectivity index (χ4n) is 4.34. The number of carbonyl (C=O) groups excluding carboxylic acids is 3. The summed E-state index contributed by atoms with van der Waals surface area (Å²) in [6.45, 7) is 11.0. The maximum Gasteiger partial charge on any atom is 0.410 e. The maximum absolute atomic E-state index is 12.4. The molecule has 1 saturated heterocycles. The molecule has 2 aromatic rings. The lowest BCUT2D eigenvalue weighted by Gasteiger charge is -2.34. The van der Waals surface area contributed by atoms with Crippen LogP contribution in [0.5, 0.6) is 0 Å². The molecule has 0 bridgehead atoms. The number of urea groups is 1. The number of aromatic nitrogens is 1. The van der Waals surface area contributed by atoms with Gasteiger partial charge in [0, 0.05) is 48.5 Å². The SMILES string of the molecule is CCOC(=O)CCN(C(N)=O)c1cc2ccn(C3CCN(C(=O)OC(C)(C)C)CC3)c2cc1C. The summed E-state index contributed by atoms with van der Waals surface area (Å²) in [6, 6.07) is 5.65. The number of rotatable bonds is 6. The molecule has 3 rings (SSSR count). The standard InChI is InChI=1S/C25H36N4O5/c1-6-33-22(30)10-14-29(23(26)31)20-16-18-7-13-28(21(18)15-17(20)2)19-8-11-27(12-9-19)24(32)34-25(3,4)5/h7,13,15-16,19H,6,8-12,14H2,1-5H3,(H2,26,31). The van der Waals surface area contributed by atoms with Crippen LogP contribution in [-0.4, -0.2) is 59.4 Å². The molecule has 0 saturated carbocycles. The van der Waals surface area contributed by atoms with E-state index in [2.05, 4.69) is 10.8 Å². The third kappa shape index (κ3) is 6.01. The summed E-state index contributed by atoms with van der Waals surface area (Å²) in [5, 5.41) is 0.984. The molecule has 1 aromatic heterocycles. The molecule has 1 fully saturated rings. The van der Waals surface area contributed by atoms with Gasteiger partial charge in [0.2, 0.25) is 0 Å². The molecular weight excluding hydrogens is 436 g/mol. The number of likely N-dealkylation sites (tertiary alicyclic amines) is 1. The molecule has 9 nitrogen and oxygen atoms in total. The lowest BCUT2D eigenvalue weighted by molar-refractivity contribution is -0.142. The third-order valence-electron chi connectivity index (χ3n) is 5.95. The van der Waals surface area contributed by atoms with E-state index in [9.17, 15) is 14.4 Å². The Kier molecular flexibility index (Phi) is 7.74. The van der Waals surface area contributed by atoms with Gasteiger partial charge in [-0.3, -0.25) is 9.69 Å². The highest BCUT2D eigenvalue weighted by molar-refractivity contribution is 5.96. The van der Waals surface area contributed by atoms with Gasteiger partial charge in [0.05, 0.1) is 13.0 Å². The minimum Gasteiger partial charge on any atom is -0.466 e. The van der Waals surface area contributed by atoms with Crippen molar-refractivity contribution in [2.24, 2.45) is 5.73 Å². The summed E-state index contributed by atoms with van der Waals surface area (Å²) in [6.07, 6.45) is 3.52. The largest absolute Gasteiger partial charge is 0.466 e. The Morgan fingerprint density at radius 1 is 1.18 bits per heavy atom. The molecule has 34 heavy (non-hydrogen) atoms. The fourth-order valence-corrected chi connectivity index (χ4v) is 4.34. The van der Waals surface area contributed by atoms with E-state index >= 15 is 0 Å². The number of nitrogens with two attached hydrogens (primary N) is 1. The fraction of sp³-hybridized carbons (Fsp3) is 0.560. The van der Waals surface area contributed by atoms with Crippen molar-refractivity contribution in [3.05, 3.63) is 30.0 Å². The number of aryl methyl sites for hydroxylation is 1. The molecule has 0 radical (unpaired) electrons. The second-order valence-electron chi connectivity index (χ2n) is 9.66. The summed E-state index contributed by atoms with van der Waals surface area (Å²) in [7, 11) is 0. The zero-order valence-corrected chi connectivity index (χ0v) is 20.8. The van der Waals surface area contributed by atoms with Crippen LogP contribution in [0.1, 0.15) is 58.6 Å². The number of esters is 1. The van der Waals surface area contributed by atoms with E-state index in [4.69, 9.17) is 15.2 Å². The monoisotopic (exact) mass is 472 g/mol. The number of nitrogens with zero attached hydrogens (tertiary/aromatic N) is 3. The van der Waals surface area contributed by atoms with E-state index in [0.717, 1.165) is 29.3 Å². The highest BCUT2D eigenvalue weighted by Gasteiger charge is 2.28. The normalized spacial score (nSPS) is 14.8. The van der Waals surface area contributed by atoms with Gasteiger partial charge in [0.25, 0.3) is 0 Å². The Bertz CT molecular complexity index is 1050. The molecule has 2 heterocycles. The first kappa shape index (κ1) is 25.4. The van der Waals surface area contributed by atoms with Crippen molar-refractivity contribution in [2.75, 3.05) is 31.1 Å². The van der Waals surface area contributed by atoms with Gasteiger partial charge in [-0.05, 0) is 71.2 Å². The summed E-state index contributed by atoms with van der Waals surface area (Å²) < 4.78 is 12.7. The van der Waals surface area contributed by atoms with Gasteiger partial charge in [-0.15, -0.1) is 0 Å².